The van der Waals surface area contributed by atoms with Crippen LogP contribution in [0, 0.1) is 0 Å². The van der Waals surface area contributed by atoms with Crippen LogP contribution in [0.2, 0.25) is 0 Å². The first-order chi connectivity index (χ1) is 31.0. The summed E-state index contributed by atoms with van der Waals surface area (Å²) >= 11 is 0. The maximum absolute atomic E-state index is 12.9. The number of aliphatic hydroxyl groups is 7. The van der Waals surface area contributed by atoms with Crippen molar-refractivity contribution >= 4 is 11.9 Å². The lowest BCUT2D eigenvalue weighted by Crippen LogP contribution is -2.61. The van der Waals surface area contributed by atoms with Crippen molar-refractivity contribution in [2.75, 3.05) is 26.4 Å². The van der Waals surface area contributed by atoms with Gasteiger partial charge in [0.2, 0.25) is 0 Å². The number of hydrogen-bond acceptors (Lipinski definition) is 15. The van der Waals surface area contributed by atoms with E-state index < -0.39 is 99.3 Å². The Bertz CT molecular complexity index is 1350. The van der Waals surface area contributed by atoms with E-state index in [1.165, 1.54) is 25.7 Å². The van der Waals surface area contributed by atoms with Crippen molar-refractivity contribution in [1.82, 2.24) is 0 Å². The van der Waals surface area contributed by atoms with Crippen molar-refractivity contribution in [3.63, 3.8) is 0 Å². The summed E-state index contributed by atoms with van der Waals surface area (Å²) in [6.07, 6.45) is 22.6. The molecule has 0 aromatic carbocycles. The highest BCUT2D eigenvalue weighted by atomic mass is 16.7. The molecule has 7 N–H and O–H groups in total. The van der Waals surface area contributed by atoms with Gasteiger partial charge in [-0.3, -0.25) is 9.59 Å². The molecule has 0 radical (unpaired) electrons. The third kappa shape index (κ3) is 24.6. The van der Waals surface area contributed by atoms with Crippen LogP contribution >= 0.6 is 0 Å². The molecule has 11 atom stereocenters. The molecule has 2 rings (SSSR count). The van der Waals surface area contributed by atoms with Gasteiger partial charge in [-0.05, 0) is 77.0 Å². The average Bonchev–Trinajstić information content (AvgIpc) is 3.29. The number of aliphatic hydroxyl groups excluding tert-OH is 7. The Morgan fingerprint density at radius 3 is 1.59 bits per heavy atom. The molecule has 0 amide bonds. The van der Waals surface area contributed by atoms with Crippen molar-refractivity contribution in [3.8, 4) is 0 Å². The number of hydrogen-bond donors (Lipinski definition) is 7. The Morgan fingerprint density at radius 1 is 0.516 bits per heavy atom. The number of ether oxygens (including phenoxy) is 6. The Hall–Kier alpha value is -2.80. The van der Waals surface area contributed by atoms with Gasteiger partial charge in [0.15, 0.2) is 18.7 Å². The van der Waals surface area contributed by atoms with Crippen molar-refractivity contribution in [3.05, 3.63) is 60.8 Å². The number of carbonyl (C=O) groups excluding carboxylic acids is 2. The molecule has 2 saturated heterocycles. The van der Waals surface area contributed by atoms with E-state index in [1.54, 1.807) is 0 Å². The third-order valence-corrected chi connectivity index (χ3v) is 11.0. The number of rotatable bonds is 35. The van der Waals surface area contributed by atoms with Gasteiger partial charge >= 0.3 is 11.9 Å². The van der Waals surface area contributed by atoms with Crippen LogP contribution in [0.5, 0.6) is 0 Å². The summed E-state index contributed by atoms with van der Waals surface area (Å²) in [5.74, 6) is -0.990. The molecule has 2 aliphatic rings. The molecule has 0 aliphatic carbocycles. The first kappa shape index (κ1) is 57.3. The zero-order chi connectivity index (χ0) is 46.8. The molecule has 0 bridgehead atoms. The van der Waals surface area contributed by atoms with Crippen molar-refractivity contribution < 1.29 is 73.8 Å². The maximum atomic E-state index is 12.9. The normalized spacial score (nSPS) is 27.1. The van der Waals surface area contributed by atoms with E-state index in [4.69, 9.17) is 28.4 Å². The molecule has 0 aromatic heterocycles. The highest BCUT2D eigenvalue weighted by molar-refractivity contribution is 5.70. The van der Waals surface area contributed by atoms with Crippen LogP contribution in [0.1, 0.15) is 142 Å². The molecule has 64 heavy (non-hydrogen) atoms. The quantitative estimate of drug-likeness (QED) is 0.0230. The second-order valence-electron chi connectivity index (χ2n) is 16.5. The van der Waals surface area contributed by atoms with Gasteiger partial charge in [-0.2, -0.15) is 0 Å². The van der Waals surface area contributed by atoms with Gasteiger partial charge in [0.1, 0.15) is 55.4 Å². The van der Waals surface area contributed by atoms with Crippen LogP contribution in [-0.2, 0) is 38.0 Å². The maximum Gasteiger partial charge on any atom is 0.306 e. The van der Waals surface area contributed by atoms with Crippen LogP contribution in [-0.4, -0.2) is 142 Å². The second-order valence-corrected chi connectivity index (χ2v) is 16.5. The van der Waals surface area contributed by atoms with E-state index in [9.17, 15) is 45.3 Å². The van der Waals surface area contributed by atoms with E-state index in [0.717, 1.165) is 77.0 Å². The van der Waals surface area contributed by atoms with Gasteiger partial charge in [-0.25, -0.2) is 0 Å². The fraction of sp³-hybridized carbons (Fsp3) is 0.755. The van der Waals surface area contributed by atoms with Gasteiger partial charge < -0.3 is 64.2 Å². The van der Waals surface area contributed by atoms with Gasteiger partial charge in [0, 0.05) is 12.8 Å². The summed E-state index contributed by atoms with van der Waals surface area (Å²) in [6.45, 7) is 2.38. The standard InChI is InChI=1S/C49H82O15/c1-3-5-7-9-11-13-15-17-18-20-22-24-26-28-30-32-41(52)62-37(34-59-40(51)31-29-27-25-23-21-19-16-14-12-10-8-6-4-2)35-60-48-47(58)45(56)43(54)39(64-48)36-61-49-46(57)44(55)42(53)38(33-50)63-49/h5,7,11,13-14,16-18,22,24,37-39,42-50,53-58H,3-4,6,8-10,12,15,19-21,23,25-36H2,1-2H3/b7-5+,13-11+,16-14+,18-17+,24-22+/t37-,38-,39-,42+,43+,44?,45?,46?,47?,48-,49-/m1/s1. The molecular formula is C49H82O15. The summed E-state index contributed by atoms with van der Waals surface area (Å²) in [5, 5.41) is 71.9. The first-order valence-corrected chi connectivity index (χ1v) is 23.9. The highest BCUT2D eigenvalue weighted by Crippen LogP contribution is 2.26. The van der Waals surface area contributed by atoms with E-state index in [-0.39, 0.29) is 19.4 Å². The molecule has 15 heteroatoms. The number of unbranched alkanes of at least 4 members (excludes halogenated alkanes) is 11. The minimum absolute atomic E-state index is 0.109. The Balaban J connectivity index is 1.87. The lowest BCUT2D eigenvalue weighted by atomic mass is 9.98. The molecule has 0 spiro atoms. The van der Waals surface area contributed by atoms with Crippen molar-refractivity contribution in [2.24, 2.45) is 0 Å². The Labute approximate surface area is 381 Å². The predicted octanol–water partition coefficient (Wildman–Crippen LogP) is 5.70. The second kappa shape index (κ2) is 36.3. The Kier molecular flexibility index (Phi) is 32.5. The third-order valence-electron chi connectivity index (χ3n) is 11.0. The number of esters is 2. The van der Waals surface area contributed by atoms with Gasteiger partial charge in [-0.15, -0.1) is 0 Å². The highest BCUT2D eigenvalue weighted by Gasteiger charge is 2.47. The Morgan fingerprint density at radius 2 is 0.984 bits per heavy atom. The fourth-order valence-corrected chi connectivity index (χ4v) is 7.02. The van der Waals surface area contributed by atoms with E-state index in [2.05, 4.69) is 74.6 Å². The summed E-state index contributed by atoms with van der Waals surface area (Å²) in [5.41, 5.74) is 0. The molecule has 2 fully saturated rings. The predicted molar refractivity (Wildman–Crippen MR) is 243 cm³/mol. The van der Waals surface area contributed by atoms with Gasteiger partial charge in [0.25, 0.3) is 0 Å². The topological polar surface area (TPSA) is 231 Å². The lowest BCUT2D eigenvalue weighted by Gasteiger charge is -2.42. The number of allylic oxidation sites excluding steroid dienone is 10. The lowest BCUT2D eigenvalue weighted by molar-refractivity contribution is -0.332. The summed E-state index contributed by atoms with van der Waals surface area (Å²) in [4.78, 5) is 25.7. The van der Waals surface area contributed by atoms with Gasteiger partial charge in [0.05, 0.1) is 19.8 Å². The van der Waals surface area contributed by atoms with Crippen LogP contribution in [0.25, 0.3) is 0 Å². The van der Waals surface area contributed by atoms with E-state index in [1.807, 2.05) is 0 Å². The smallest absolute Gasteiger partial charge is 0.306 e. The fourth-order valence-electron chi connectivity index (χ4n) is 7.02. The summed E-state index contributed by atoms with van der Waals surface area (Å²) in [6, 6.07) is 0. The molecule has 368 valence electrons. The zero-order valence-electron chi connectivity index (χ0n) is 38.5. The minimum atomic E-state index is -1.78. The van der Waals surface area contributed by atoms with Crippen LogP contribution in [0.4, 0.5) is 0 Å². The zero-order valence-corrected chi connectivity index (χ0v) is 38.5. The minimum Gasteiger partial charge on any atom is -0.462 e. The van der Waals surface area contributed by atoms with Crippen molar-refractivity contribution in [2.45, 2.75) is 210 Å². The van der Waals surface area contributed by atoms with E-state index >= 15 is 0 Å². The summed E-state index contributed by atoms with van der Waals surface area (Å²) in [7, 11) is 0. The SMILES string of the molecule is CC/C=C/C/C=C/C/C=C/C/C=C/CCCCC(=O)O[C@H](COC(=O)CCCCCCC/C=C/CCCCCC)CO[C@@H]1O[C@H](CO[C@@H]2O[C@H](CO)[C@H](O)C(O)C2O)[C@H](O)C(O)C1O. The molecule has 2 heterocycles. The number of carbonyl (C=O) groups is 2. The monoisotopic (exact) mass is 911 g/mol. The van der Waals surface area contributed by atoms with Gasteiger partial charge in [-0.1, -0.05) is 113 Å². The molecule has 15 nitrogen and oxygen atoms in total. The summed E-state index contributed by atoms with van der Waals surface area (Å²) < 4.78 is 33.4. The van der Waals surface area contributed by atoms with Crippen LogP contribution in [0.15, 0.2) is 60.8 Å². The molecular weight excluding hydrogens is 829 g/mol. The molecule has 0 saturated carbocycles. The molecule has 0 aromatic rings. The molecule has 2 aliphatic heterocycles. The molecule has 4 unspecified atom stereocenters. The first-order valence-electron chi connectivity index (χ1n) is 23.9. The van der Waals surface area contributed by atoms with Crippen LogP contribution in [0.3, 0.4) is 0 Å². The largest absolute Gasteiger partial charge is 0.462 e. The average molecular weight is 911 g/mol. The van der Waals surface area contributed by atoms with E-state index in [0.29, 0.717) is 12.8 Å². The van der Waals surface area contributed by atoms with Crippen LogP contribution < -0.4 is 0 Å². The van der Waals surface area contributed by atoms with Crippen molar-refractivity contribution in [1.29, 1.82) is 0 Å².